The van der Waals surface area contributed by atoms with Crippen molar-refractivity contribution >= 4 is 17.7 Å². The third-order valence-electron chi connectivity index (χ3n) is 4.93. The zero-order valence-electron chi connectivity index (χ0n) is 13.9. The summed E-state index contributed by atoms with van der Waals surface area (Å²) in [7, 11) is 0. The number of benzene rings is 2. The minimum Gasteiger partial charge on any atom is -0.369 e. The lowest BCUT2D eigenvalue weighted by molar-refractivity contribution is -0.125. The first kappa shape index (κ1) is 17.1. The van der Waals surface area contributed by atoms with Crippen molar-refractivity contribution in [3.8, 4) is 0 Å². The first-order valence-electron chi connectivity index (χ1n) is 8.46. The molecule has 2 aromatic carbocycles. The van der Waals surface area contributed by atoms with E-state index in [1.165, 1.54) is 4.90 Å². The first-order chi connectivity index (χ1) is 11.7. The number of hydrogen-bond donors (Lipinski definition) is 1. The molecule has 4 heteroatoms. The van der Waals surface area contributed by atoms with Gasteiger partial charge >= 0.3 is 0 Å². The van der Waals surface area contributed by atoms with E-state index in [1.54, 1.807) is 0 Å². The van der Waals surface area contributed by atoms with Gasteiger partial charge < -0.3 is 10.6 Å². The molecule has 24 heavy (non-hydrogen) atoms. The molecule has 0 unspecified atom stereocenters. The van der Waals surface area contributed by atoms with Gasteiger partial charge in [0.1, 0.15) is 0 Å². The van der Waals surface area contributed by atoms with Gasteiger partial charge in [-0.1, -0.05) is 48.5 Å². The maximum absolute atomic E-state index is 12.2. The molecule has 1 heterocycles. The van der Waals surface area contributed by atoms with Gasteiger partial charge in [-0.05, 0) is 43.6 Å². The minimum atomic E-state index is -0.496. The van der Waals surface area contributed by atoms with Gasteiger partial charge in [-0.2, -0.15) is 0 Å². The molecule has 1 saturated heterocycles. The third-order valence-corrected chi connectivity index (χ3v) is 5.92. The van der Waals surface area contributed by atoms with Crippen LogP contribution < -0.4 is 5.73 Å². The molecule has 3 rings (SSSR count). The van der Waals surface area contributed by atoms with E-state index >= 15 is 0 Å². The molecular formula is C20H24N2OS. The van der Waals surface area contributed by atoms with Crippen LogP contribution in [0.4, 0.5) is 0 Å². The van der Waals surface area contributed by atoms with E-state index in [9.17, 15) is 4.79 Å². The zero-order valence-corrected chi connectivity index (χ0v) is 14.7. The van der Waals surface area contributed by atoms with Crippen LogP contribution in [0.5, 0.6) is 0 Å². The fourth-order valence-corrected chi connectivity index (χ4v) is 4.34. The predicted octanol–water partition coefficient (Wildman–Crippen LogP) is 3.30. The van der Waals surface area contributed by atoms with Gasteiger partial charge in [0.25, 0.3) is 0 Å². The second-order valence-corrected chi connectivity index (χ2v) is 7.48. The van der Waals surface area contributed by atoms with Gasteiger partial charge in [0.05, 0.1) is 5.41 Å². The summed E-state index contributed by atoms with van der Waals surface area (Å²) in [6, 6.07) is 20.5. The Bertz CT molecular complexity index is 652. The molecule has 0 bridgehead atoms. The molecule has 2 N–H and O–H groups in total. The molecule has 0 aliphatic carbocycles. The molecule has 0 radical (unpaired) electrons. The third kappa shape index (κ3) is 3.82. The number of nitrogens with two attached hydrogens (primary N) is 1. The van der Waals surface area contributed by atoms with Crippen molar-refractivity contribution in [3.63, 3.8) is 0 Å². The largest absolute Gasteiger partial charge is 0.369 e. The van der Waals surface area contributed by atoms with E-state index in [0.29, 0.717) is 0 Å². The van der Waals surface area contributed by atoms with Crippen LogP contribution in [0, 0.1) is 0 Å². The predicted molar refractivity (Wildman–Crippen MR) is 100 cm³/mol. The summed E-state index contributed by atoms with van der Waals surface area (Å²) < 4.78 is 0. The second-order valence-electron chi connectivity index (χ2n) is 6.32. The molecule has 0 spiro atoms. The molecular weight excluding hydrogens is 316 g/mol. The SMILES string of the molecule is NC(=O)C1(c2ccccc2)CCN(CCSc2ccccc2)CC1. The summed E-state index contributed by atoms with van der Waals surface area (Å²) in [6.45, 7) is 2.89. The molecule has 2 aromatic rings. The standard InChI is InChI=1S/C20H24N2OS/c21-19(23)20(17-7-3-1-4-8-17)11-13-22(14-12-20)15-16-24-18-9-5-2-6-10-18/h1-10H,11-16H2,(H2,21,23). The summed E-state index contributed by atoms with van der Waals surface area (Å²) in [5.41, 5.74) is 6.36. The lowest BCUT2D eigenvalue weighted by atomic mass is 9.72. The highest BCUT2D eigenvalue weighted by Crippen LogP contribution is 2.35. The van der Waals surface area contributed by atoms with Crippen LogP contribution in [0.1, 0.15) is 18.4 Å². The Kier molecular flexibility index (Phi) is 5.59. The Morgan fingerprint density at radius 3 is 2.17 bits per heavy atom. The van der Waals surface area contributed by atoms with Crippen molar-refractivity contribution in [3.05, 3.63) is 66.2 Å². The second kappa shape index (κ2) is 7.86. The smallest absolute Gasteiger partial charge is 0.228 e. The minimum absolute atomic E-state index is 0.188. The maximum atomic E-state index is 12.2. The fraction of sp³-hybridized carbons (Fsp3) is 0.350. The van der Waals surface area contributed by atoms with Crippen molar-refractivity contribution in [2.24, 2.45) is 5.73 Å². The van der Waals surface area contributed by atoms with Gasteiger partial charge in [0.15, 0.2) is 0 Å². The van der Waals surface area contributed by atoms with Gasteiger partial charge in [-0.3, -0.25) is 4.79 Å². The molecule has 1 amide bonds. The number of piperidine rings is 1. The molecule has 0 saturated carbocycles. The Hall–Kier alpha value is -1.78. The monoisotopic (exact) mass is 340 g/mol. The number of carbonyl (C=O) groups is 1. The summed E-state index contributed by atoms with van der Waals surface area (Å²) >= 11 is 1.88. The number of thioether (sulfide) groups is 1. The Labute approximate surface area is 148 Å². The number of nitrogens with zero attached hydrogens (tertiary/aromatic N) is 1. The summed E-state index contributed by atoms with van der Waals surface area (Å²) in [6.07, 6.45) is 1.62. The fourth-order valence-electron chi connectivity index (χ4n) is 3.40. The number of rotatable bonds is 6. The number of hydrogen-bond acceptors (Lipinski definition) is 3. The first-order valence-corrected chi connectivity index (χ1v) is 9.45. The highest BCUT2D eigenvalue weighted by Gasteiger charge is 2.41. The van der Waals surface area contributed by atoms with E-state index in [1.807, 2.05) is 48.2 Å². The lowest BCUT2D eigenvalue weighted by Gasteiger charge is -2.40. The van der Waals surface area contributed by atoms with Crippen LogP contribution in [0.15, 0.2) is 65.6 Å². The number of carbonyl (C=O) groups excluding carboxylic acids is 1. The van der Waals surface area contributed by atoms with Crippen LogP contribution in [-0.4, -0.2) is 36.2 Å². The van der Waals surface area contributed by atoms with E-state index in [4.69, 9.17) is 5.73 Å². The molecule has 1 aliphatic heterocycles. The van der Waals surface area contributed by atoms with Crippen LogP contribution >= 0.6 is 11.8 Å². The van der Waals surface area contributed by atoms with Crippen LogP contribution in [0.25, 0.3) is 0 Å². The number of amides is 1. The Morgan fingerprint density at radius 1 is 1.00 bits per heavy atom. The highest BCUT2D eigenvalue weighted by molar-refractivity contribution is 7.99. The average Bonchev–Trinajstić information content (AvgIpc) is 2.64. The van der Waals surface area contributed by atoms with Crippen molar-refractivity contribution in [1.29, 1.82) is 0 Å². The summed E-state index contributed by atoms with van der Waals surface area (Å²) in [5, 5.41) is 0. The van der Waals surface area contributed by atoms with Crippen LogP contribution in [-0.2, 0) is 10.2 Å². The quantitative estimate of drug-likeness (QED) is 0.821. The molecule has 3 nitrogen and oxygen atoms in total. The molecule has 126 valence electrons. The summed E-state index contributed by atoms with van der Waals surface area (Å²) in [5.74, 6) is 0.880. The van der Waals surface area contributed by atoms with E-state index in [-0.39, 0.29) is 5.91 Å². The van der Waals surface area contributed by atoms with Gasteiger partial charge in [0, 0.05) is 17.2 Å². The highest BCUT2D eigenvalue weighted by atomic mass is 32.2. The summed E-state index contributed by atoms with van der Waals surface area (Å²) in [4.78, 5) is 15.9. The zero-order chi connectivity index (χ0) is 16.8. The normalized spacial score (nSPS) is 17.5. The molecule has 1 fully saturated rings. The maximum Gasteiger partial charge on any atom is 0.228 e. The van der Waals surface area contributed by atoms with Crippen LogP contribution in [0.3, 0.4) is 0 Å². The van der Waals surface area contributed by atoms with Gasteiger partial charge in [-0.15, -0.1) is 11.8 Å². The molecule has 0 atom stereocenters. The molecule has 0 aromatic heterocycles. The van der Waals surface area contributed by atoms with Crippen molar-refractivity contribution in [2.45, 2.75) is 23.2 Å². The van der Waals surface area contributed by atoms with E-state index in [0.717, 1.165) is 43.8 Å². The van der Waals surface area contributed by atoms with Crippen molar-refractivity contribution < 1.29 is 4.79 Å². The topological polar surface area (TPSA) is 46.3 Å². The number of primary amides is 1. The van der Waals surface area contributed by atoms with E-state index < -0.39 is 5.41 Å². The van der Waals surface area contributed by atoms with E-state index in [2.05, 4.69) is 29.2 Å². The lowest BCUT2D eigenvalue weighted by Crippen LogP contribution is -2.50. The average molecular weight is 340 g/mol. The Morgan fingerprint density at radius 2 is 1.58 bits per heavy atom. The van der Waals surface area contributed by atoms with Crippen molar-refractivity contribution in [1.82, 2.24) is 4.90 Å². The van der Waals surface area contributed by atoms with Crippen LogP contribution in [0.2, 0.25) is 0 Å². The number of likely N-dealkylation sites (tertiary alicyclic amines) is 1. The van der Waals surface area contributed by atoms with Crippen molar-refractivity contribution in [2.75, 3.05) is 25.4 Å². The molecule has 1 aliphatic rings. The van der Waals surface area contributed by atoms with Gasteiger partial charge in [-0.25, -0.2) is 0 Å². The van der Waals surface area contributed by atoms with Gasteiger partial charge in [0.2, 0.25) is 5.91 Å². The Balaban J connectivity index is 1.55.